The number of anilines is 1. The van der Waals surface area contributed by atoms with Crippen LogP contribution >= 0.6 is 11.3 Å². The second kappa shape index (κ2) is 8.27. The third-order valence-electron chi connectivity index (χ3n) is 6.23. The lowest BCUT2D eigenvalue weighted by Gasteiger charge is -2.34. The van der Waals surface area contributed by atoms with Crippen molar-refractivity contribution < 1.29 is 9.59 Å². The Morgan fingerprint density at radius 1 is 1.21 bits per heavy atom. The van der Waals surface area contributed by atoms with E-state index in [0.717, 1.165) is 48.5 Å². The molecule has 0 bridgehead atoms. The SMILES string of the molecule is Cc1csc(C(C)NC(=O)C2CCCCC2C(=O)N2c3ccccc3CC2C)n1. The molecule has 5 nitrogen and oxygen atoms in total. The molecule has 1 aromatic carbocycles. The summed E-state index contributed by atoms with van der Waals surface area (Å²) in [5.41, 5.74) is 3.21. The van der Waals surface area contributed by atoms with E-state index in [1.54, 1.807) is 11.3 Å². The van der Waals surface area contributed by atoms with Gasteiger partial charge in [0.1, 0.15) is 5.01 Å². The maximum absolute atomic E-state index is 13.6. The van der Waals surface area contributed by atoms with Crippen molar-refractivity contribution in [2.45, 2.75) is 65.0 Å². The molecule has 2 heterocycles. The zero-order valence-electron chi connectivity index (χ0n) is 17.4. The number of aromatic nitrogens is 1. The Morgan fingerprint density at radius 3 is 2.66 bits per heavy atom. The molecule has 0 saturated heterocycles. The molecule has 1 fully saturated rings. The van der Waals surface area contributed by atoms with Gasteiger partial charge in [0.15, 0.2) is 0 Å². The fourth-order valence-corrected chi connectivity index (χ4v) is 5.58. The third kappa shape index (κ3) is 3.95. The first-order chi connectivity index (χ1) is 14.0. The summed E-state index contributed by atoms with van der Waals surface area (Å²) in [6, 6.07) is 8.15. The monoisotopic (exact) mass is 411 g/mol. The smallest absolute Gasteiger partial charge is 0.231 e. The van der Waals surface area contributed by atoms with Crippen molar-refractivity contribution in [3.05, 3.63) is 45.9 Å². The van der Waals surface area contributed by atoms with E-state index in [0.29, 0.717) is 0 Å². The first-order valence-electron chi connectivity index (χ1n) is 10.6. The van der Waals surface area contributed by atoms with Gasteiger partial charge in [-0.3, -0.25) is 9.59 Å². The van der Waals surface area contributed by atoms with Crippen LogP contribution in [-0.4, -0.2) is 22.8 Å². The van der Waals surface area contributed by atoms with Crippen molar-refractivity contribution in [1.82, 2.24) is 10.3 Å². The van der Waals surface area contributed by atoms with Gasteiger partial charge in [0.2, 0.25) is 11.8 Å². The van der Waals surface area contributed by atoms with E-state index in [2.05, 4.69) is 23.3 Å². The van der Waals surface area contributed by atoms with Gasteiger partial charge in [0.25, 0.3) is 0 Å². The largest absolute Gasteiger partial charge is 0.347 e. The molecule has 0 radical (unpaired) electrons. The Kier molecular flexibility index (Phi) is 5.72. The molecule has 1 N–H and O–H groups in total. The number of nitrogens with one attached hydrogen (secondary N) is 1. The molecule has 1 aliphatic heterocycles. The van der Waals surface area contributed by atoms with Gasteiger partial charge in [-0.05, 0) is 51.7 Å². The van der Waals surface area contributed by atoms with E-state index in [1.165, 1.54) is 5.56 Å². The number of rotatable bonds is 4. The van der Waals surface area contributed by atoms with Gasteiger partial charge in [-0.25, -0.2) is 4.98 Å². The van der Waals surface area contributed by atoms with Crippen LogP contribution in [0.25, 0.3) is 0 Å². The molecule has 6 heteroatoms. The number of para-hydroxylation sites is 1. The van der Waals surface area contributed by atoms with Crippen LogP contribution in [0.2, 0.25) is 0 Å². The average molecular weight is 412 g/mol. The average Bonchev–Trinajstić information content (AvgIpc) is 3.29. The summed E-state index contributed by atoms with van der Waals surface area (Å²) in [5.74, 6) is -0.411. The number of benzene rings is 1. The number of carbonyl (C=O) groups is 2. The Balaban J connectivity index is 1.51. The molecule has 1 aliphatic carbocycles. The summed E-state index contributed by atoms with van der Waals surface area (Å²) in [6.07, 6.45) is 4.44. The first kappa shape index (κ1) is 20.1. The van der Waals surface area contributed by atoms with Crippen molar-refractivity contribution >= 4 is 28.8 Å². The summed E-state index contributed by atoms with van der Waals surface area (Å²) in [5, 5.41) is 6.03. The molecule has 1 saturated carbocycles. The van der Waals surface area contributed by atoms with Crippen LogP contribution in [0.3, 0.4) is 0 Å². The first-order valence-corrected chi connectivity index (χ1v) is 11.5. The molecule has 1 aromatic heterocycles. The van der Waals surface area contributed by atoms with E-state index in [4.69, 9.17) is 0 Å². The molecule has 2 aliphatic rings. The van der Waals surface area contributed by atoms with E-state index in [9.17, 15) is 9.59 Å². The van der Waals surface area contributed by atoms with Crippen LogP contribution in [-0.2, 0) is 16.0 Å². The Labute approximate surface area is 176 Å². The number of aryl methyl sites for hydroxylation is 1. The minimum Gasteiger partial charge on any atom is -0.347 e. The summed E-state index contributed by atoms with van der Waals surface area (Å²) in [7, 11) is 0. The maximum atomic E-state index is 13.6. The predicted octanol–water partition coefficient (Wildman–Crippen LogP) is 4.41. The molecular weight excluding hydrogens is 382 g/mol. The molecule has 2 aromatic rings. The van der Waals surface area contributed by atoms with Crippen molar-refractivity contribution in [2.24, 2.45) is 11.8 Å². The lowest BCUT2D eigenvalue weighted by Crippen LogP contribution is -2.47. The lowest BCUT2D eigenvalue weighted by atomic mass is 9.77. The summed E-state index contributed by atoms with van der Waals surface area (Å²) >= 11 is 1.57. The predicted molar refractivity (Wildman–Crippen MR) is 116 cm³/mol. The topological polar surface area (TPSA) is 62.3 Å². The van der Waals surface area contributed by atoms with Gasteiger partial charge in [0, 0.05) is 28.7 Å². The van der Waals surface area contributed by atoms with Crippen LogP contribution < -0.4 is 10.2 Å². The van der Waals surface area contributed by atoms with Crippen molar-refractivity contribution in [3.63, 3.8) is 0 Å². The standard InChI is InChI=1S/C23H29N3O2S/c1-14-13-29-22(24-14)16(3)25-21(27)18-9-5-6-10-19(18)23(28)26-15(2)12-17-8-4-7-11-20(17)26/h4,7-8,11,13,15-16,18-19H,5-6,9-10,12H2,1-3H3,(H,25,27). The summed E-state index contributed by atoms with van der Waals surface area (Å²) < 4.78 is 0. The van der Waals surface area contributed by atoms with Crippen molar-refractivity contribution in [1.29, 1.82) is 0 Å². The molecule has 4 rings (SSSR count). The fourth-order valence-electron chi connectivity index (χ4n) is 4.77. The Hall–Kier alpha value is -2.21. The van der Waals surface area contributed by atoms with Crippen LogP contribution in [0.4, 0.5) is 5.69 Å². The van der Waals surface area contributed by atoms with E-state index in [-0.39, 0.29) is 35.7 Å². The third-order valence-corrected chi connectivity index (χ3v) is 7.38. The van der Waals surface area contributed by atoms with Gasteiger partial charge < -0.3 is 10.2 Å². The second-order valence-corrected chi connectivity index (χ2v) is 9.33. The minimum atomic E-state index is -0.264. The molecule has 4 unspecified atom stereocenters. The van der Waals surface area contributed by atoms with Gasteiger partial charge in [0.05, 0.1) is 12.0 Å². The number of amides is 2. The van der Waals surface area contributed by atoms with E-state index >= 15 is 0 Å². The van der Waals surface area contributed by atoms with Crippen LogP contribution in [0.5, 0.6) is 0 Å². The van der Waals surface area contributed by atoms with Crippen LogP contribution in [0.15, 0.2) is 29.6 Å². The van der Waals surface area contributed by atoms with Gasteiger partial charge in [-0.2, -0.15) is 0 Å². The number of fused-ring (bicyclic) bond motifs is 1. The van der Waals surface area contributed by atoms with Crippen LogP contribution in [0, 0.1) is 18.8 Å². The maximum Gasteiger partial charge on any atom is 0.231 e. The Morgan fingerprint density at radius 2 is 1.93 bits per heavy atom. The molecular formula is C23H29N3O2S. The number of hydrogen-bond donors (Lipinski definition) is 1. The normalized spacial score (nSPS) is 24.8. The Bertz CT molecular complexity index is 909. The molecule has 29 heavy (non-hydrogen) atoms. The zero-order valence-corrected chi connectivity index (χ0v) is 18.2. The highest BCUT2D eigenvalue weighted by atomic mass is 32.1. The lowest BCUT2D eigenvalue weighted by molar-refractivity contribution is -0.135. The fraction of sp³-hybridized carbons (Fsp3) is 0.522. The zero-order chi connectivity index (χ0) is 20.5. The number of nitrogens with zero attached hydrogens (tertiary/aromatic N) is 2. The molecule has 2 amide bonds. The second-order valence-electron chi connectivity index (χ2n) is 8.44. The molecule has 154 valence electrons. The number of thiazole rings is 1. The van der Waals surface area contributed by atoms with E-state index < -0.39 is 0 Å². The number of carbonyl (C=O) groups excluding carboxylic acids is 2. The van der Waals surface area contributed by atoms with Crippen LogP contribution in [0.1, 0.15) is 61.8 Å². The van der Waals surface area contributed by atoms with Crippen molar-refractivity contribution in [3.8, 4) is 0 Å². The summed E-state index contributed by atoms with van der Waals surface area (Å²) in [6.45, 7) is 6.02. The highest BCUT2D eigenvalue weighted by Gasteiger charge is 2.41. The summed E-state index contributed by atoms with van der Waals surface area (Å²) in [4.78, 5) is 33.2. The minimum absolute atomic E-state index is 0.0106. The van der Waals surface area contributed by atoms with Gasteiger partial charge >= 0.3 is 0 Å². The number of hydrogen-bond acceptors (Lipinski definition) is 4. The molecule has 0 spiro atoms. The quantitative estimate of drug-likeness (QED) is 0.810. The highest BCUT2D eigenvalue weighted by Crippen LogP contribution is 2.38. The highest BCUT2D eigenvalue weighted by molar-refractivity contribution is 7.09. The van der Waals surface area contributed by atoms with Gasteiger partial charge in [-0.15, -0.1) is 11.3 Å². The van der Waals surface area contributed by atoms with E-state index in [1.807, 2.05) is 42.3 Å². The van der Waals surface area contributed by atoms with Crippen molar-refractivity contribution in [2.75, 3.05) is 4.90 Å². The molecule has 4 atom stereocenters. The van der Waals surface area contributed by atoms with Gasteiger partial charge in [-0.1, -0.05) is 31.0 Å².